The monoisotopic (exact) mass is 394 g/mol. The molecule has 6 nitrogen and oxygen atoms in total. The zero-order valence-corrected chi connectivity index (χ0v) is 16.8. The number of hydrogen-bond donors (Lipinski definition) is 1. The third kappa shape index (κ3) is 5.45. The number of rotatable bonds is 7. The van der Waals surface area contributed by atoms with Crippen LogP contribution >= 0.6 is 0 Å². The standard InChI is InChI=1S/C20H30N2O4S/c1-2-26-19-9-5-4-8-16(19)10-11-20(23)21-17-14-27(24,25)15-18(17)22-12-6-3-7-13-22/h4-5,8-9,17-18H,2-3,6-7,10-15H2,1H3,(H,21,23). The van der Waals surface area contributed by atoms with Gasteiger partial charge in [-0.1, -0.05) is 24.6 Å². The van der Waals surface area contributed by atoms with Crippen molar-refractivity contribution in [2.45, 2.75) is 51.1 Å². The van der Waals surface area contributed by atoms with Crippen LogP contribution in [-0.2, 0) is 21.1 Å². The van der Waals surface area contributed by atoms with Gasteiger partial charge in [-0.25, -0.2) is 8.42 Å². The summed E-state index contributed by atoms with van der Waals surface area (Å²) >= 11 is 0. The van der Waals surface area contributed by atoms with E-state index in [9.17, 15) is 13.2 Å². The van der Waals surface area contributed by atoms with Crippen LogP contribution in [0.5, 0.6) is 5.75 Å². The lowest BCUT2D eigenvalue weighted by Crippen LogP contribution is -2.52. The second-order valence-electron chi connectivity index (χ2n) is 7.46. The summed E-state index contributed by atoms with van der Waals surface area (Å²) < 4.78 is 30.0. The van der Waals surface area contributed by atoms with E-state index >= 15 is 0 Å². The molecular weight excluding hydrogens is 364 g/mol. The minimum Gasteiger partial charge on any atom is -0.494 e. The molecule has 2 aliphatic rings. The lowest BCUT2D eigenvalue weighted by molar-refractivity contribution is -0.122. The molecule has 0 bridgehead atoms. The molecule has 3 rings (SSSR count). The molecule has 2 saturated heterocycles. The van der Waals surface area contributed by atoms with Gasteiger partial charge >= 0.3 is 0 Å². The number of nitrogens with one attached hydrogen (secondary N) is 1. The van der Waals surface area contributed by atoms with Crippen molar-refractivity contribution in [1.29, 1.82) is 0 Å². The van der Waals surface area contributed by atoms with E-state index in [0.717, 1.165) is 37.2 Å². The van der Waals surface area contributed by atoms with Gasteiger partial charge in [-0.2, -0.15) is 0 Å². The van der Waals surface area contributed by atoms with Crippen LogP contribution in [-0.4, -0.2) is 62.5 Å². The molecule has 1 N–H and O–H groups in total. The third-order valence-corrected chi connectivity index (χ3v) is 7.14. The van der Waals surface area contributed by atoms with Crippen LogP contribution in [0.4, 0.5) is 0 Å². The first-order valence-corrected chi connectivity index (χ1v) is 11.7. The highest BCUT2D eigenvalue weighted by Crippen LogP contribution is 2.23. The van der Waals surface area contributed by atoms with Gasteiger partial charge in [0.1, 0.15) is 5.75 Å². The predicted molar refractivity (Wildman–Crippen MR) is 106 cm³/mol. The molecule has 1 aromatic rings. The van der Waals surface area contributed by atoms with Gasteiger partial charge in [-0.05, 0) is 50.9 Å². The van der Waals surface area contributed by atoms with Gasteiger partial charge in [-0.15, -0.1) is 0 Å². The van der Waals surface area contributed by atoms with E-state index in [1.165, 1.54) is 6.42 Å². The topological polar surface area (TPSA) is 75.7 Å². The van der Waals surface area contributed by atoms with Crippen molar-refractivity contribution in [2.75, 3.05) is 31.2 Å². The van der Waals surface area contributed by atoms with Crippen LogP contribution in [0.25, 0.3) is 0 Å². The SMILES string of the molecule is CCOc1ccccc1CCC(=O)NC1CS(=O)(=O)CC1N1CCCCC1. The normalized spacial score (nSPS) is 25.2. The highest BCUT2D eigenvalue weighted by atomic mass is 32.2. The van der Waals surface area contributed by atoms with E-state index < -0.39 is 9.84 Å². The molecule has 2 heterocycles. The van der Waals surface area contributed by atoms with Crippen LogP contribution in [0.2, 0.25) is 0 Å². The van der Waals surface area contributed by atoms with Crippen LogP contribution in [0, 0.1) is 0 Å². The zero-order valence-electron chi connectivity index (χ0n) is 16.0. The predicted octanol–water partition coefficient (Wildman–Crippen LogP) is 1.79. The molecular formula is C20H30N2O4S. The van der Waals surface area contributed by atoms with E-state index in [2.05, 4.69) is 10.2 Å². The first-order valence-electron chi connectivity index (χ1n) is 9.93. The Labute approximate surface area is 162 Å². The quantitative estimate of drug-likeness (QED) is 0.763. The van der Waals surface area contributed by atoms with E-state index in [1.54, 1.807) is 0 Å². The molecule has 2 unspecified atom stereocenters. The molecule has 2 atom stereocenters. The number of amides is 1. The molecule has 2 fully saturated rings. The van der Waals surface area contributed by atoms with Crippen LogP contribution in [0.1, 0.15) is 38.2 Å². The maximum Gasteiger partial charge on any atom is 0.220 e. The minimum atomic E-state index is -3.10. The van der Waals surface area contributed by atoms with Crippen molar-refractivity contribution in [3.05, 3.63) is 29.8 Å². The number of benzene rings is 1. The Hall–Kier alpha value is -1.60. The summed E-state index contributed by atoms with van der Waals surface area (Å²) in [5, 5.41) is 3.00. The van der Waals surface area contributed by atoms with Crippen LogP contribution in [0.15, 0.2) is 24.3 Å². The van der Waals surface area contributed by atoms with E-state index in [1.807, 2.05) is 31.2 Å². The van der Waals surface area contributed by atoms with E-state index in [0.29, 0.717) is 19.4 Å². The number of likely N-dealkylation sites (tertiary alicyclic amines) is 1. The average molecular weight is 395 g/mol. The average Bonchev–Trinajstić information content (AvgIpc) is 2.96. The van der Waals surface area contributed by atoms with E-state index in [4.69, 9.17) is 4.74 Å². The third-order valence-electron chi connectivity index (χ3n) is 5.42. The maximum absolute atomic E-state index is 12.5. The van der Waals surface area contributed by atoms with Crippen molar-refractivity contribution >= 4 is 15.7 Å². The summed E-state index contributed by atoms with van der Waals surface area (Å²) in [6.45, 7) is 4.37. The Morgan fingerprint density at radius 1 is 1.19 bits per heavy atom. The van der Waals surface area contributed by atoms with Gasteiger partial charge in [0.05, 0.1) is 24.2 Å². The molecule has 0 saturated carbocycles. The summed E-state index contributed by atoms with van der Waals surface area (Å²) in [5.41, 5.74) is 1.00. The van der Waals surface area contributed by atoms with Gasteiger partial charge in [0.2, 0.25) is 5.91 Å². The number of sulfone groups is 1. The number of para-hydroxylation sites is 1. The van der Waals surface area contributed by atoms with Crippen molar-refractivity contribution in [3.63, 3.8) is 0 Å². The number of carbonyl (C=O) groups is 1. The smallest absolute Gasteiger partial charge is 0.220 e. The summed E-state index contributed by atoms with van der Waals surface area (Å²) in [4.78, 5) is 14.8. The Kier molecular flexibility index (Phi) is 6.76. The number of aryl methyl sites for hydroxylation is 1. The number of ether oxygens (including phenoxy) is 1. The van der Waals surface area contributed by atoms with E-state index in [-0.39, 0.29) is 29.5 Å². The molecule has 0 aromatic heterocycles. The second kappa shape index (κ2) is 9.06. The molecule has 0 spiro atoms. The molecule has 0 radical (unpaired) electrons. The molecule has 1 amide bonds. The van der Waals surface area contributed by atoms with Gasteiger partial charge in [0.25, 0.3) is 0 Å². The lowest BCUT2D eigenvalue weighted by Gasteiger charge is -2.35. The first-order chi connectivity index (χ1) is 13.0. The second-order valence-corrected chi connectivity index (χ2v) is 9.61. The summed E-state index contributed by atoms with van der Waals surface area (Å²) in [5.74, 6) is 0.924. The minimum absolute atomic E-state index is 0.0510. The fraction of sp³-hybridized carbons (Fsp3) is 0.650. The molecule has 150 valence electrons. The zero-order chi connectivity index (χ0) is 19.3. The molecule has 0 aliphatic carbocycles. The van der Waals surface area contributed by atoms with Crippen LogP contribution in [0.3, 0.4) is 0 Å². The number of hydrogen-bond acceptors (Lipinski definition) is 5. The number of piperidine rings is 1. The summed E-state index contributed by atoms with van der Waals surface area (Å²) in [7, 11) is -3.10. The summed E-state index contributed by atoms with van der Waals surface area (Å²) in [6, 6.07) is 7.34. The number of nitrogens with zero attached hydrogens (tertiary/aromatic N) is 1. The molecule has 2 aliphatic heterocycles. The van der Waals surface area contributed by atoms with Crippen molar-refractivity contribution in [2.24, 2.45) is 0 Å². The highest BCUT2D eigenvalue weighted by molar-refractivity contribution is 7.91. The van der Waals surface area contributed by atoms with Crippen molar-refractivity contribution in [1.82, 2.24) is 10.2 Å². The highest BCUT2D eigenvalue weighted by Gasteiger charge is 2.41. The Morgan fingerprint density at radius 2 is 1.93 bits per heavy atom. The largest absolute Gasteiger partial charge is 0.494 e. The Balaban J connectivity index is 1.59. The summed E-state index contributed by atoms with van der Waals surface area (Å²) in [6.07, 6.45) is 4.31. The van der Waals surface area contributed by atoms with Gasteiger partial charge in [0.15, 0.2) is 9.84 Å². The van der Waals surface area contributed by atoms with Crippen molar-refractivity contribution in [3.8, 4) is 5.75 Å². The van der Waals surface area contributed by atoms with Crippen molar-refractivity contribution < 1.29 is 17.9 Å². The maximum atomic E-state index is 12.5. The van der Waals surface area contributed by atoms with Gasteiger partial charge in [0, 0.05) is 12.5 Å². The molecule has 27 heavy (non-hydrogen) atoms. The fourth-order valence-electron chi connectivity index (χ4n) is 4.11. The Bertz CT molecular complexity index is 744. The van der Waals surface area contributed by atoms with Gasteiger partial charge < -0.3 is 10.1 Å². The number of carbonyl (C=O) groups excluding carboxylic acids is 1. The van der Waals surface area contributed by atoms with Gasteiger partial charge in [-0.3, -0.25) is 9.69 Å². The first kappa shape index (κ1) is 20.1. The Morgan fingerprint density at radius 3 is 2.67 bits per heavy atom. The molecule has 1 aromatic carbocycles. The fourth-order valence-corrected chi connectivity index (χ4v) is 6.06. The van der Waals surface area contributed by atoms with Crippen LogP contribution < -0.4 is 10.1 Å². The lowest BCUT2D eigenvalue weighted by atomic mass is 10.0. The molecule has 7 heteroatoms.